The molecule has 0 radical (unpaired) electrons. The van der Waals surface area contributed by atoms with Crippen LogP contribution < -0.4 is 0 Å². The van der Waals surface area contributed by atoms with E-state index in [2.05, 4.69) is 72.5 Å². The molecule has 1 saturated heterocycles. The second kappa shape index (κ2) is 7.28. The summed E-state index contributed by atoms with van der Waals surface area (Å²) in [6.07, 6.45) is 1.02. The van der Waals surface area contributed by atoms with Crippen LogP contribution in [0.5, 0.6) is 0 Å². The van der Waals surface area contributed by atoms with Gasteiger partial charge in [0.25, 0.3) is 0 Å². The fraction of sp³-hybridized carbons (Fsp3) is 0.300. The van der Waals surface area contributed by atoms with E-state index in [1.807, 2.05) is 0 Å². The molecule has 0 aliphatic carbocycles. The molecule has 1 fully saturated rings. The highest BCUT2D eigenvalue weighted by molar-refractivity contribution is 5.89. The van der Waals surface area contributed by atoms with Gasteiger partial charge in [0, 0.05) is 18.8 Å². The fourth-order valence-electron chi connectivity index (χ4n) is 3.08. The van der Waals surface area contributed by atoms with Gasteiger partial charge < -0.3 is 9.64 Å². The topological polar surface area (TPSA) is 12.5 Å². The van der Waals surface area contributed by atoms with Crippen molar-refractivity contribution < 1.29 is 4.74 Å². The molecule has 0 aromatic heterocycles. The highest BCUT2D eigenvalue weighted by Crippen LogP contribution is 2.32. The lowest BCUT2D eigenvalue weighted by Gasteiger charge is -2.33. The van der Waals surface area contributed by atoms with Crippen molar-refractivity contribution >= 4 is 11.3 Å². The molecule has 0 saturated carbocycles. The Morgan fingerprint density at radius 3 is 1.95 bits per heavy atom. The Labute approximate surface area is 133 Å². The third kappa shape index (κ3) is 3.23. The molecule has 2 aromatic carbocycles. The molecule has 2 nitrogen and oxygen atoms in total. The maximum atomic E-state index is 5.54. The van der Waals surface area contributed by atoms with E-state index >= 15 is 0 Å². The van der Waals surface area contributed by atoms with Crippen molar-refractivity contribution in [1.82, 2.24) is 4.90 Å². The smallest absolute Gasteiger partial charge is 0.0642 e. The standard InChI is InChI=1S/C20H23NO/c1-2-19(17-9-5-3-6-10-17)20(18-11-7-4-8-12-18)21-13-15-22-16-14-21/h3-12H,2,13-16H2,1H3/b20-19+. The van der Waals surface area contributed by atoms with E-state index in [0.29, 0.717) is 0 Å². The van der Waals surface area contributed by atoms with Crippen LogP contribution in [-0.4, -0.2) is 31.2 Å². The number of rotatable bonds is 4. The van der Waals surface area contributed by atoms with Crippen LogP contribution in [0.15, 0.2) is 60.7 Å². The third-order valence-corrected chi connectivity index (χ3v) is 4.14. The van der Waals surface area contributed by atoms with Gasteiger partial charge in [-0.25, -0.2) is 0 Å². The molecule has 0 atom stereocenters. The minimum Gasteiger partial charge on any atom is -0.378 e. The van der Waals surface area contributed by atoms with E-state index in [-0.39, 0.29) is 0 Å². The highest BCUT2D eigenvalue weighted by Gasteiger charge is 2.19. The van der Waals surface area contributed by atoms with Crippen LogP contribution in [0.3, 0.4) is 0 Å². The molecule has 114 valence electrons. The van der Waals surface area contributed by atoms with Gasteiger partial charge in [-0.3, -0.25) is 0 Å². The minimum absolute atomic E-state index is 0.808. The first-order chi connectivity index (χ1) is 10.9. The summed E-state index contributed by atoms with van der Waals surface area (Å²) in [4.78, 5) is 2.48. The van der Waals surface area contributed by atoms with Crippen molar-refractivity contribution in [2.75, 3.05) is 26.3 Å². The molecular weight excluding hydrogens is 270 g/mol. The Balaban J connectivity index is 2.12. The summed E-state index contributed by atoms with van der Waals surface area (Å²) in [5.41, 5.74) is 5.38. The van der Waals surface area contributed by atoms with Gasteiger partial charge in [0.2, 0.25) is 0 Å². The second-order valence-corrected chi connectivity index (χ2v) is 5.51. The predicted octanol–water partition coefficient (Wildman–Crippen LogP) is 4.30. The molecule has 2 aromatic rings. The summed E-state index contributed by atoms with van der Waals surface area (Å²) >= 11 is 0. The van der Waals surface area contributed by atoms with Gasteiger partial charge in [0.15, 0.2) is 0 Å². The average molecular weight is 293 g/mol. The zero-order valence-electron chi connectivity index (χ0n) is 13.2. The molecule has 0 bridgehead atoms. The predicted molar refractivity (Wildman–Crippen MR) is 92.4 cm³/mol. The Hall–Kier alpha value is -2.06. The van der Waals surface area contributed by atoms with Gasteiger partial charge in [-0.1, -0.05) is 67.6 Å². The lowest BCUT2D eigenvalue weighted by molar-refractivity contribution is 0.0641. The lowest BCUT2D eigenvalue weighted by atomic mass is 9.96. The van der Waals surface area contributed by atoms with E-state index in [1.165, 1.54) is 22.4 Å². The largest absolute Gasteiger partial charge is 0.378 e. The average Bonchev–Trinajstić information content (AvgIpc) is 2.62. The summed E-state index contributed by atoms with van der Waals surface area (Å²) in [6, 6.07) is 21.5. The quantitative estimate of drug-likeness (QED) is 0.779. The molecule has 0 N–H and O–H groups in total. The molecule has 0 amide bonds. The highest BCUT2D eigenvalue weighted by atomic mass is 16.5. The first kappa shape index (κ1) is 14.9. The maximum Gasteiger partial charge on any atom is 0.0642 e. The SMILES string of the molecule is CC/C(=C(/c1ccccc1)N1CCOCC1)c1ccccc1. The van der Waals surface area contributed by atoms with E-state index in [4.69, 9.17) is 4.74 Å². The first-order valence-corrected chi connectivity index (χ1v) is 8.07. The molecular formula is C20H23NO. The molecule has 1 aliphatic rings. The number of benzene rings is 2. The van der Waals surface area contributed by atoms with E-state index in [9.17, 15) is 0 Å². The van der Waals surface area contributed by atoms with Gasteiger partial charge in [-0.05, 0) is 23.1 Å². The van der Waals surface area contributed by atoms with Gasteiger partial charge in [0.1, 0.15) is 0 Å². The number of ether oxygens (including phenoxy) is 1. The summed E-state index contributed by atoms with van der Waals surface area (Å²) in [7, 11) is 0. The van der Waals surface area contributed by atoms with E-state index < -0.39 is 0 Å². The fourth-order valence-corrected chi connectivity index (χ4v) is 3.08. The Kier molecular flexibility index (Phi) is 4.92. The van der Waals surface area contributed by atoms with Crippen LogP contribution in [-0.2, 0) is 4.74 Å². The molecule has 3 rings (SSSR count). The maximum absolute atomic E-state index is 5.54. The summed E-state index contributed by atoms with van der Waals surface area (Å²) in [6.45, 7) is 5.77. The van der Waals surface area contributed by atoms with Crippen LogP contribution in [0.1, 0.15) is 24.5 Å². The summed E-state index contributed by atoms with van der Waals surface area (Å²) in [5.74, 6) is 0. The molecule has 1 heterocycles. The van der Waals surface area contributed by atoms with Crippen LogP contribution in [0.25, 0.3) is 11.3 Å². The van der Waals surface area contributed by atoms with Crippen LogP contribution in [0, 0.1) is 0 Å². The Morgan fingerprint density at radius 1 is 0.864 bits per heavy atom. The van der Waals surface area contributed by atoms with Gasteiger partial charge in [0.05, 0.1) is 13.2 Å². The normalized spacial score (nSPS) is 16.3. The van der Waals surface area contributed by atoms with Crippen LogP contribution >= 0.6 is 0 Å². The number of hydrogen-bond donors (Lipinski definition) is 0. The number of nitrogens with zero attached hydrogens (tertiary/aromatic N) is 1. The lowest BCUT2D eigenvalue weighted by Crippen LogP contribution is -2.35. The van der Waals surface area contributed by atoms with Crippen molar-refractivity contribution in [2.24, 2.45) is 0 Å². The summed E-state index contributed by atoms with van der Waals surface area (Å²) < 4.78 is 5.54. The van der Waals surface area contributed by atoms with Crippen LogP contribution in [0.2, 0.25) is 0 Å². The first-order valence-electron chi connectivity index (χ1n) is 8.07. The van der Waals surface area contributed by atoms with E-state index in [1.54, 1.807) is 0 Å². The number of hydrogen-bond acceptors (Lipinski definition) is 2. The summed E-state index contributed by atoms with van der Waals surface area (Å²) in [5, 5.41) is 0. The molecule has 22 heavy (non-hydrogen) atoms. The van der Waals surface area contributed by atoms with Crippen molar-refractivity contribution in [1.29, 1.82) is 0 Å². The number of allylic oxidation sites excluding steroid dienone is 1. The van der Waals surface area contributed by atoms with Crippen molar-refractivity contribution in [3.05, 3.63) is 71.8 Å². The minimum atomic E-state index is 0.808. The Morgan fingerprint density at radius 2 is 1.41 bits per heavy atom. The zero-order valence-corrected chi connectivity index (χ0v) is 13.2. The van der Waals surface area contributed by atoms with Crippen molar-refractivity contribution in [2.45, 2.75) is 13.3 Å². The zero-order chi connectivity index (χ0) is 15.2. The van der Waals surface area contributed by atoms with Crippen molar-refractivity contribution in [3.8, 4) is 0 Å². The molecule has 0 unspecified atom stereocenters. The number of morpholine rings is 1. The molecule has 2 heteroatoms. The van der Waals surface area contributed by atoms with E-state index in [0.717, 1.165) is 32.7 Å². The second-order valence-electron chi connectivity index (χ2n) is 5.51. The van der Waals surface area contributed by atoms with Gasteiger partial charge in [-0.2, -0.15) is 0 Å². The Bertz CT molecular complexity index is 613. The molecule has 0 spiro atoms. The van der Waals surface area contributed by atoms with Gasteiger partial charge >= 0.3 is 0 Å². The third-order valence-electron chi connectivity index (χ3n) is 4.14. The van der Waals surface area contributed by atoms with Gasteiger partial charge in [-0.15, -0.1) is 0 Å². The monoisotopic (exact) mass is 293 g/mol. The van der Waals surface area contributed by atoms with Crippen molar-refractivity contribution in [3.63, 3.8) is 0 Å². The van der Waals surface area contributed by atoms with Crippen LogP contribution in [0.4, 0.5) is 0 Å². The molecule has 1 aliphatic heterocycles.